The summed E-state index contributed by atoms with van der Waals surface area (Å²) in [6.45, 7) is 4.69. The SMILES string of the molecule is CCCNC(=O)Nc1cc(C)cc2cccnc12. The van der Waals surface area contributed by atoms with Gasteiger partial charge in [0.15, 0.2) is 0 Å². The topological polar surface area (TPSA) is 54.0 Å². The number of rotatable bonds is 3. The summed E-state index contributed by atoms with van der Waals surface area (Å²) in [6, 6.07) is 7.68. The Balaban J connectivity index is 2.29. The summed E-state index contributed by atoms with van der Waals surface area (Å²) >= 11 is 0. The lowest BCUT2D eigenvalue weighted by atomic mass is 10.1. The number of aromatic nitrogens is 1. The van der Waals surface area contributed by atoms with Crippen LogP contribution in [0.1, 0.15) is 18.9 Å². The van der Waals surface area contributed by atoms with Gasteiger partial charge in [-0.05, 0) is 37.1 Å². The average Bonchev–Trinajstić information content (AvgIpc) is 2.36. The van der Waals surface area contributed by atoms with Crippen molar-refractivity contribution < 1.29 is 4.79 Å². The van der Waals surface area contributed by atoms with Crippen LogP contribution in [0.3, 0.4) is 0 Å². The van der Waals surface area contributed by atoms with Crippen molar-refractivity contribution in [2.75, 3.05) is 11.9 Å². The van der Waals surface area contributed by atoms with Crippen LogP contribution in [0.5, 0.6) is 0 Å². The molecule has 0 unspecified atom stereocenters. The third-order valence-corrected chi connectivity index (χ3v) is 2.63. The molecule has 4 heteroatoms. The van der Waals surface area contributed by atoms with E-state index < -0.39 is 0 Å². The van der Waals surface area contributed by atoms with E-state index in [2.05, 4.69) is 21.7 Å². The minimum Gasteiger partial charge on any atom is -0.338 e. The number of nitrogens with zero attached hydrogens (tertiary/aromatic N) is 1. The fourth-order valence-corrected chi connectivity index (χ4v) is 1.84. The summed E-state index contributed by atoms with van der Waals surface area (Å²) < 4.78 is 0. The Labute approximate surface area is 106 Å². The maximum absolute atomic E-state index is 11.7. The molecule has 18 heavy (non-hydrogen) atoms. The Bertz CT molecular complexity index is 566. The second kappa shape index (κ2) is 5.49. The number of pyridine rings is 1. The van der Waals surface area contributed by atoms with Crippen LogP contribution in [-0.4, -0.2) is 17.6 Å². The lowest BCUT2D eigenvalue weighted by Crippen LogP contribution is -2.29. The highest BCUT2D eigenvalue weighted by molar-refractivity contribution is 5.99. The first-order valence-corrected chi connectivity index (χ1v) is 6.11. The van der Waals surface area contributed by atoms with Crippen LogP contribution >= 0.6 is 0 Å². The number of anilines is 1. The van der Waals surface area contributed by atoms with Gasteiger partial charge in [-0.3, -0.25) is 4.98 Å². The molecule has 0 bridgehead atoms. The Morgan fingerprint density at radius 3 is 3.00 bits per heavy atom. The molecule has 0 saturated carbocycles. The van der Waals surface area contributed by atoms with Gasteiger partial charge in [-0.2, -0.15) is 0 Å². The van der Waals surface area contributed by atoms with Gasteiger partial charge in [0.25, 0.3) is 0 Å². The minimum atomic E-state index is -0.186. The van der Waals surface area contributed by atoms with Gasteiger partial charge in [-0.25, -0.2) is 4.79 Å². The molecule has 1 aromatic heterocycles. The van der Waals surface area contributed by atoms with E-state index >= 15 is 0 Å². The highest BCUT2D eigenvalue weighted by atomic mass is 16.2. The minimum absolute atomic E-state index is 0.186. The first-order valence-electron chi connectivity index (χ1n) is 6.11. The van der Waals surface area contributed by atoms with E-state index in [0.717, 1.165) is 28.6 Å². The zero-order valence-corrected chi connectivity index (χ0v) is 10.7. The highest BCUT2D eigenvalue weighted by Crippen LogP contribution is 2.22. The van der Waals surface area contributed by atoms with E-state index in [1.54, 1.807) is 6.20 Å². The maximum Gasteiger partial charge on any atom is 0.319 e. The zero-order chi connectivity index (χ0) is 13.0. The fourth-order valence-electron chi connectivity index (χ4n) is 1.84. The van der Waals surface area contributed by atoms with Crippen molar-refractivity contribution in [2.45, 2.75) is 20.3 Å². The molecule has 0 radical (unpaired) electrons. The Kier molecular flexibility index (Phi) is 3.77. The fraction of sp³-hybridized carbons (Fsp3) is 0.286. The number of urea groups is 1. The van der Waals surface area contributed by atoms with Crippen molar-refractivity contribution in [1.29, 1.82) is 0 Å². The molecule has 2 aromatic rings. The van der Waals surface area contributed by atoms with Crippen molar-refractivity contribution in [3.8, 4) is 0 Å². The molecule has 0 fully saturated rings. The molecule has 0 aliphatic rings. The maximum atomic E-state index is 11.7. The average molecular weight is 243 g/mol. The second-order valence-corrected chi connectivity index (χ2v) is 4.27. The predicted octanol–water partition coefficient (Wildman–Crippen LogP) is 3.07. The standard InChI is InChI=1S/C14H17N3O/c1-3-6-16-14(18)17-12-9-10(2)8-11-5-4-7-15-13(11)12/h4-5,7-9H,3,6H2,1-2H3,(H2,16,17,18). The Hall–Kier alpha value is -2.10. The highest BCUT2D eigenvalue weighted by Gasteiger charge is 2.06. The molecule has 2 amide bonds. The van der Waals surface area contributed by atoms with Crippen molar-refractivity contribution in [3.05, 3.63) is 36.0 Å². The molecule has 0 spiro atoms. The molecule has 0 atom stereocenters. The number of aryl methyl sites for hydroxylation is 1. The van der Waals surface area contributed by atoms with Crippen molar-refractivity contribution in [3.63, 3.8) is 0 Å². The van der Waals surface area contributed by atoms with Crippen LogP contribution < -0.4 is 10.6 Å². The first kappa shape index (κ1) is 12.4. The molecule has 94 valence electrons. The number of benzene rings is 1. The molecular weight excluding hydrogens is 226 g/mol. The summed E-state index contributed by atoms with van der Waals surface area (Å²) in [5, 5.41) is 6.67. The summed E-state index contributed by atoms with van der Waals surface area (Å²) in [4.78, 5) is 16.0. The smallest absolute Gasteiger partial charge is 0.319 e. The van der Waals surface area contributed by atoms with Gasteiger partial charge >= 0.3 is 6.03 Å². The monoisotopic (exact) mass is 243 g/mol. The number of amides is 2. The van der Waals surface area contributed by atoms with Gasteiger partial charge in [0, 0.05) is 18.1 Å². The van der Waals surface area contributed by atoms with E-state index in [1.807, 2.05) is 32.0 Å². The summed E-state index contributed by atoms with van der Waals surface area (Å²) in [6.07, 6.45) is 2.65. The summed E-state index contributed by atoms with van der Waals surface area (Å²) in [5.41, 5.74) is 2.66. The number of hydrogen-bond donors (Lipinski definition) is 2. The van der Waals surface area contributed by atoms with Crippen LogP contribution in [0.4, 0.5) is 10.5 Å². The third-order valence-electron chi connectivity index (χ3n) is 2.63. The van der Waals surface area contributed by atoms with Crippen LogP contribution in [0.15, 0.2) is 30.5 Å². The van der Waals surface area contributed by atoms with Crippen LogP contribution in [0.25, 0.3) is 10.9 Å². The molecule has 1 aromatic carbocycles. The number of hydrogen-bond acceptors (Lipinski definition) is 2. The normalized spacial score (nSPS) is 10.3. The van der Waals surface area contributed by atoms with Crippen LogP contribution in [0.2, 0.25) is 0 Å². The largest absolute Gasteiger partial charge is 0.338 e. The van der Waals surface area contributed by atoms with Gasteiger partial charge in [0.05, 0.1) is 11.2 Å². The van der Waals surface area contributed by atoms with Crippen molar-refractivity contribution in [2.24, 2.45) is 0 Å². The lowest BCUT2D eigenvalue weighted by molar-refractivity contribution is 0.252. The Morgan fingerprint density at radius 1 is 1.39 bits per heavy atom. The summed E-state index contributed by atoms with van der Waals surface area (Å²) in [7, 11) is 0. The van der Waals surface area contributed by atoms with E-state index in [0.29, 0.717) is 6.54 Å². The summed E-state index contributed by atoms with van der Waals surface area (Å²) in [5.74, 6) is 0. The molecule has 2 rings (SSSR count). The second-order valence-electron chi connectivity index (χ2n) is 4.27. The van der Waals surface area contributed by atoms with E-state index in [4.69, 9.17) is 0 Å². The molecular formula is C14H17N3O. The van der Waals surface area contributed by atoms with Gasteiger partial charge < -0.3 is 10.6 Å². The van der Waals surface area contributed by atoms with Gasteiger partial charge in [0.1, 0.15) is 0 Å². The predicted molar refractivity (Wildman–Crippen MR) is 73.8 cm³/mol. The van der Waals surface area contributed by atoms with Gasteiger partial charge in [-0.15, -0.1) is 0 Å². The lowest BCUT2D eigenvalue weighted by Gasteiger charge is -2.10. The third kappa shape index (κ3) is 2.77. The van der Waals surface area contributed by atoms with Crippen molar-refractivity contribution >= 4 is 22.6 Å². The van der Waals surface area contributed by atoms with Crippen molar-refractivity contribution in [1.82, 2.24) is 10.3 Å². The number of carbonyl (C=O) groups is 1. The van der Waals surface area contributed by atoms with Gasteiger partial charge in [0.2, 0.25) is 0 Å². The quantitative estimate of drug-likeness (QED) is 0.870. The van der Waals surface area contributed by atoms with E-state index in [9.17, 15) is 4.79 Å². The van der Waals surface area contributed by atoms with Crippen LogP contribution in [0, 0.1) is 6.92 Å². The van der Waals surface area contributed by atoms with Gasteiger partial charge in [-0.1, -0.05) is 13.0 Å². The zero-order valence-electron chi connectivity index (χ0n) is 10.7. The van der Waals surface area contributed by atoms with Crippen LogP contribution in [-0.2, 0) is 0 Å². The molecule has 0 saturated heterocycles. The first-order chi connectivity index (χ1) is 8.70. The molecule has 0 aliphatic carbocycles. The molecule has 0 aliphatic heterocycles. The number of fused-ring (bicyclic) bond motifs is 1. The Morgan fingerprint density at radius 2 is 2.22 bits per heavy atom. The number of nitrogens with one attached hydrogen (secondary N) is 2. The molecule has 1 heterocycles. The number of carbonyl (C=O) groups excluding carboxylic acids is 1. The molecule has 2 N–H and O–H groups in total. The van der Waals surface area contributed by atoms with E-state index in [1.165, 1.54) is 0 Å². The van der Waals surface area contributed by atoms with E-state index in [-0.39, 0.29) is 6.03 Å². The molecule has 4 nitrogen and oxygen atoms in total.